The summed E-state index contributed by atoms with van der Waals surface area (Å²) in [6.07, 6.45) is 0. The maximum atomic E-state index is 14.3. The van der Waals surface area contributed by atoms with E-state index in [1.807, 2.05) is 36.4 Å². The predicted octanol–water partition coefficient (Wildman–Crippen LogP) is 5.03. The molecule has 0 aliphatic carbocycles. The fourth-order valence-electron chi connectivity index (χ4n) is 5.52. The fourth-order valence-corrected chi connectivity index (χ4v) is 5.52. The number of fused-ring (bicyclic) bond motifs is 5. The fraction of sp³-hybridized carbons (Fsp3) is 0.133. The van der Waals surface area contributed by atoms with Crippen LogP contribution >= 0.6 is 0 Å². The molecule has 8 heteroatoms. The van der Waals surface area contributed by atoms with Crippen molar-refractivity contribution in [3.05, 3.63) is 113 Å². The third-order valence-electron chi connectivity index (χ3n) is 7.36. The summed E-state index contributed by atoms with van der Waals surface area (Å²) in [4.78, 5) is 29.2. The monoisotopic (exact) mass is 508 g/mol. The Labute approximate surface area is 217 Å². The summed E-state index contributed by atoms with van der Waals surface area (Å²) in [5.41, 5.74) is 2.34. The number of benzene rings is 4. The highest BCUT2D eigenvalue weighted by molar-refractivity contribution is 6.12. The first kappa shape index (κ1) is 22.4. The average Bonchev–Trinajstić information content (AvgIpc) is 3.61. The summed E-state index contributed by atoms with van der Waals surface area (Å²) < 4.78 is 31.3. The molecule has 7 nitrogen and oxygen atoms in total. The molecule has 7 rings (SSSR count). The van der Waals surface area contributed by atoms with Crippen LogP contribution in [0.1, 0.15) is 27.0 Å². The van der Waals surface area contributed by atoms with Crippen LogP contribution < -0.4 is 24.4 Å². The first-order valence-electron chi connectivity index (χ1n) is 12.2. The topological polar surface area (TPSA) is 77.1 Å². The van der Waals surface area contributed by atoms with E-state index in [0.717, 1.165) is 16.8 Å². The maximum absolute atomic E-state index is 14.3. The number of nitrogens with zero attached hydrogens (tertiary/aromatic N) is 1. The van der Waals surface area contributed by atoms with Gasteiger partial charge in [-0.2, -0.15) is 0 Å². The lowest BCUT2D eigenvalue weighted by Gasteiger charge is -2.24. The molecule has 1 spiro atoms. The minimum Gasteiger partial charge on any atom is -0.491 e. The molecule has 0 saturated carbocycles. The number of anilines is 2. The highest BCUT2D eigenvalue weighted by Crippen LogP contribution is 2.55. The van der Waals surface area contributed by atoms with Crippen LogP contribution in [0.5, 0.6) is 17.2 Å². The number of amides is 2. The Hall–Kier alpha value is -4.85. The molecule has 2 amide bonds. The van der Waals surface area contributed by atoms with Gasteiger partial charge >= 0.3 is 0 Å². The normalized spacial score (nSPS) is 18.3. The molecule has 0 fully saturated rings. The van der Waals surface area contributed by atoms with E-state index in [2.05, 4.69) is 5.32 Å². The van der Waals surface area contributed by atoms with Crippen molar-refractivity contribution in [2.45, 2.75) is 12.0 Å². The number of rotatable bonds is 4. The van der Waals surface area contributed by atoms with E-state index in [9.17, 15) is 14.0 Å². The number of carbonyl (C=O) groups excluding carboxylic acids is 2. The van der Waals surface area contributed by atoms with Gasteiger partial charge in [0, 0.05) is 22.9 Å². The van der Waals surface area contributed by atoms with Gasteiger partial charge in [-0.1, -0.05) is 48.5 Å². The quantitative estimate of drug-likeness (QED) is 0.418. The summed E-state index contributed by atoms with van der Waals surface area (Å²) >= 11 is 0. The van der Waals surface area contributed by atoms with Crippen molar-refractivity contribution in [1.82, 2.24) is 0 Å². The molecular weight excluding hydrogens is 487 g/mol. The van der Waals surface area contributed by atoms with Gasteiger partial charge in [0.15, 0.2) is 11.5 Å². The molecular formula is C30H21FN2O5. The van der Waals surface area contributed by atoms with E-state index in [-0.39, 0.29) is 31.5 Å². The van der Waals surface area contributed by atoms with Gasteiger partial charge in [0.25, 0.3) is 5.91 Å². The van der Waals surface area contributed by atoms with Crippen molar-refractivity contribution in [3.8, 4) is 17.2 Å². The van der Waals surface area contributed by atoms with Crippen LogP contribution in [0.15, 0.2) is 84.9 Å². The number of carbonyl (C=O) groups is 2. The molecule has 1 unspecified atom stereocenters. The van der Waals surface area contributed by atoms with Crippen LogP contribution in [-0.4, -0.2) is 25.2 Å². The summed E-state index contributed by atoms with van der Waals surface area (Å²) in [6, 6.07) is 24.2. The van der Waals surface area contributed by atoms with Crippen LogP contribution in [-0.2, 0) is 16.8 Å². The lowest BCUT2D eigenvalue weighted by molar-refractivity contribution is -0.122. The molecule has 4 aromatic rings. The summed E-state index contributed by atoms with van der Waals surface area (Å²) in [5, 5.41) is 2.64. The molecule has 1 N–H and O–H groups in total. The summed E-state index contributed by atoms with van der Waals surface area (Å²) in [5.74, 6) is 0.621. The SMILES string of the molecule is O=C(Nc1ccccc1F)c1ccccc1CN1C(=O)C2(COc3cc4c(cc32)OCO4)c2ccccc21. The second-order valence-corrected chi connectivity index (χ2v) is 9.40. The van der Waals surface area contributed by atoms with Gasteiger partial charge in [-0.05, 0) is 41.5 Å². The van der Waals surface area contributed by atoms with Gasteiger partial charge in [-0.3, -0.25) is 9.59 Å². The lowest BCUT2D eigenvalue weighted by atomic mass is 9.77. The van der Waals surface area contributed by atoms with Crippen molar-refractivity contribution in [2.24, 2.45) is 0 Å². The van der Waals surface area contributed by atoms with E-state index in [1.165, 1.54) is 12.1 Å². The molecule has 0 aromatic heterocycles. The maximum Gasteiger partial charge on any atom is 0.256 e. The zero-order valence-corrected chi connectivity index (χ0v) is 20.1. The second kappa shape index (κ2) is 8.34. The molecule has 3 heterocycles. The van der Waals surface area contributed by atoms with Crippen molar-refractivity contribution in [2.75, 3.05) is 23.6 Å². The van der Waals surface area contributed by atoms with Crippen LogP contribution in [0.4, 0.5) is 15.8 Å². The molecule has 1 atom stereocenters. The Kier molecular flexibility index (Phi) is 4.91. The van der Waals surface area contributed by atoms with Gasteiger partial charge < -0.3 is 24.4 Å². The predicted molar refractivity (Wildman–Crippen MR) is 137 cm³/mol. The number of hydrogen-bond donors (Lipinski definition) is 1. The van der Waals surface area contributed by atoms with Crippen LogP contribution in [0.25, 0.3) is 0 Å². The lowest BCUT2D eigenvalue weighted by Crippen LogP contribution is -2.42. The Balaban J connectivity index is 1.27. The highest BCUT2D eigenvalue weighted by atomic mass is 19.1. The van der Waals surface area contributed by atoms with Gasteiger partial charge in [-0.15, -0.1) is 0 Å². The van der Waals surface area contributed by atoms with Crippen LogP contribution in [0.2, 0.25) is 0 Å². The zero-order chi connectivity index (χ0) is 25.9. The van der Waals surface area contributed by atoms with Crippen LogP contribution in [0.3, 0.4) is 0 Å². The molecule has 0 saturated heterocycles. The Morgan fingerprint density at radius 3 is 2.47 bits per heavy atom. The number of nitrogens with one attached hydrogen (secondary N) is 1. The van der Waals surface area contributed by atoms with E-state index >= 15 is 0 Å². The number of ether oxygens (including phenoxy) is 3. The van der Waals surface area contributed by atoms with Crippen molar-refractivity contribution < 1.29 is 28.2 Å². The van der Waals surface area contributed by atoms with Crippen molar-refractivity contribution in [3.63, 3.8) is 0 Å². The minimum absolute atomic E-state index is 0.0901. The molecule has 38 heavy (non-hydrogen) atoms. The zero-order valence-electron chi connectivity index (χ0n) is 20.1. The van der Waals surface area contributed by atoms with Crippen molar-refractivity contribution >= 4 is 23.2 Å². The molecule has 3 aliphatic heterocycles. The standard InChI is InChI=1S/C30H21FN2O5/c31-22-10-4-5-11-23(22)32-28(34)19-8-2-1-7-18(19)15-33-24-12-6-3-9-20(24)30(29(33)35)16-36-25-14-27-26(13-21(25)30)37-17-38-27/h1-14H,15-17H2,(H,32,34). The number of hydrogen-bond acceptors (Lipinski definition) is 5. The first-order chi connectivity index (χ1) is 18.6. The number of para-hydroxylation sites is 2. The first-order valence-corrected chi connectivity index (χ1v) is 12.2. The molecule has 0 radical (unpaired) electrons. The van der Waals surface area contributed by atoms with E-state index < -0.39 is 17.1 Å². The molecule has 0 bridgehead atoms. The van der Waals surface area contributed by atoms with Gasteiger partial charge in [0.1, 0.15) is 23.6 Å². The Morgan fingerprint density at radius 2 is 1.61 bits per heavy atom. The Morgan fingerprint density at radius 1 is 0.868 bits per heavy atom. The largest absolute Gasteiger partial charge is 0.491 e. The summed E-state index contributed by atoms with van der Waals surface area (Å²) in [6.45, 7) is 0.416. The smallest absolute Gasteiger partial charge is 0.256 e. The van der Waals surface area contributed by atoms with Crippen LogP contribution in [0, 0.1) is 5.82 Å². The minimum atomic E-state index is -1.04. The van der Waals surface area contributed by atoms with Gasteiger partial charge in [0.05, 0.1) is 12.2 Å². The third kappa shape index (κ3) is 3.19. The van der Waals surface area contributed by atoms with E-state index in [0.29, 0.717) is 28.4 Å². The number of halogens is 1. The van der Waals surface area contributed by atoms with Gasteiger partial charge in [0.2, 0.25) is 12.7 Å². The van der Waals surface area contributed by atoms with E-state index in [4.69, 9.17) is 14.2 Å². The highest BCUT2D eigenvalue weighted by Gasteiger charge is 2.57. The van der Waals surface area contributed by atoms with E-state index in [1.54, 1.807) is 41.3 Å². The van der Waals surface area contributed by atoms with Crippen molar-refractivity contribution in [1.29, 1.82) is 0 Å². The summed E-state index contributed by atoms with van der Waals surface area (Å²) in [7, 11) is 0. The second-order valence-electron chi connectivity index (χ2n) is 9.40. The Bertz CT molecular complexity index is 1640. The molecule has 188 valence electrons. The molecule has 3 aliphatic rings. The van der Waals surface area contributed by atoms with Gasteiger partial charge in [-0.25, -0.2) is 4.39 Å². The third-order valence-corrected chi connectivity index (χ3v) is 7.36. The molecule has 4 aromatic carbocycles. The average molecular weight is 509 g/mol.